The molecule has 0 bridgehead atoms. The second-order valence-electron chi connectivity index (χ2n) is 20.3. The van der Waals surface area contributed by atoms with Gasteiger partial charge in [-0.1, -0.05) is 195 Å². The Labute approximate surface area is 375 Å². The van der Waals surface area contributed by atoms with Gasteiger partial charge in [0, 0.05) is 16.9 Å². The summed E-state index contributed by atoms with van der Waals surface area (Å²) in [5.74, 6) is 2.20. The highest BCUT2D eigenvalue weighted by Crippen LogP contribution is 2.47. The Morgan fingerprint density at radius 2 is 1.08 bits per heavy atom. The summed E-state index contributed by atoms with van der Waals surface area (Å²) in [6, 6.07) is 67.4. The number of hydrogen-bond donors (Lipinski definition) is 0. The normalized spacial score (nSPS) is 14.4. The topological polar surface area (TPSA) is 12.5 Å². The number of benzene rings is 8. The third-order valence-corrected chi connectivity index (χ3v) is 19.0. The van der Waals surface area contributed by atoms with Gasteiger partial charge in [0.2, 0.25) is 0 Å². The van der Waals surface area contributed by atoms with Crippen LogP contribution < -0.4 is 46.8 Å². The molecule has 0 N–H and O–H groups in total. The predicted octanol–water partition coefficient (Wildman–Crippen LogP) is 10.8. The Bertz CT molecular complexity index is 3050. The van der Waals surface area contributed by atoms with Crippen LogP contribution in [0.5, 0.6) is 11.5 Å². The van der Waals surface area contributed by atoms with Crippen LogP contribution in [-0.2, 0) is 10.8 Å². The van der Waals surface area contributed by atoms with Gasteiger partial charge in [-0.05, 0) is 124 Å². The zero-order valence-electron chi connectivity index (χ0n) is 37.8. The molecule has 0 aliphatic carbocycles. The first-order valence-electron chi connectivity index (χ1n) is 22.7. The van der Waals surface area contributed by atoms with Crippen LogP contribution in [0.15, 0.2) is 176 Å². The summed E-state index contributed by atoms with van der Waals surface area (Å²) in [5, 5.41) is 5.70. The van der Waals surface area contributed by atoms with Crippen molar-refractivity contribution in [2.45, 2.75) is 72.1 Å². The maximum absolute atomic E-state index is 7.14. The molecule has 3 aliphatic heterocycles. The van der Waals surface area contributed by atoms with E-state index >= 15 is 0 Å². The average molecular weight is 832 g/mol. The maximum atomic E-state index is 7.14. The molecule has 0 spiro atoms. The minimum Gasteiger partial charge on any atom is -0.458 e. The van der Waals surface area contributed by atoms with E-state index in [1.165, 1.54) is 93.1 Å². The van der Waals surface area contributed by atoms with Gasteiger partial charge in [-0.2, -0.15) is 0 Å². The Balaban J connectivity index is 1.31. The zero-order valence-corrected chi connectivity index (χ0v) is 38.8. The quantitative estimate of drug-likeness (QED) is 0.160. The molecule has 0 saturated carbocycles. The molecule has 0 saturated heterocycles. The summed E-state index contributed by atoms with van der Waals surface area (Å²) >= 11 is 0. The minimum absolute atomic E-state index is 0.0317. The lowest BCUT2D eigenvalue weighted by Crippen LogP contribution is -2.73. The summed E-state index contributed by atoms with van der Waals surface area (Å²) < 4.78 is 7.14. The number of nitrogens with zero attached hydrogens (tertiary/aromatic N) is 1. The minimum atomic E-state index is -2.83. The van der Waals surface area contributed by atoms with Gasteiger partial charge in [0.1, 0.15) is 11.5 Å². The molecule has 0 unspecified atom stereocenters. The molecular weight excluding hydrogens is 778 g/mol. The number of hydrogen-bond acceptors (Lipinski definition) is 2. The summed E-state index contributed by atoms with van der Waals surface area (Å²) in [6.07, 6.45) is 0. The first kappa shape index (κ1) is 39.5. The largest absolute Gasteiger partial charge is 0.458 e. The summed E-state index contributed by atoms with van der Waals surface area (Å²) in [5.41, 5.74) is 16.4. The fraction of sp³-hybridized carbons (Fsp3) is 0.186. The Hall–Kier alpha value is -6.36. The van der Waals surface area contributed by atoms with Gasteiger partial charge in [-0.25, -0.2) is 0 Å². The van der Waals surface area contributed by atoms with Gasteiger partial charge in [-0.15, -0.1) is 0 Å². The maximum Gasteiger partial charge on any atom is 0.256 e. The molecule has 0 aromatic heterocycles. The second kappa shape index (κ2) is 14.3. The van der Waals surface area contributed by atoms with Crippen LogP contribution in [0.1, 0.15) is 78.0 Å². The van der Waals surface area contributed by atoms with E-state index in [1.54, 1.807) is 0 Å². The smallest absolute Gasteiger partial charge is 0.256 e. The van der Waals surface area contributed by atoms with Crippen molar-refractivity contribution in [1.29, 1.82) is 0 Å². The van der Waals surface area contributed by atoms with E-state index in [0.29, 0.717) is 5.92 Å². The van der Waals surface area contributed by atoms with Crippen LogP contribution >= 0.6 is 0 Å². The van der Waals surface area contributed by atoms with Gasteiger partial charge in [0.15, 0.2) is 8.07 Å². The molecule has 8 aromatic carbocycles. The zero-order chi connectivity index (χ0) is 43.4. The molecule has 3 heterocycles. The summed E-state index contributed by atoms with van der Waals surface area (Å²) in [4.78, 5) is 2.63. The van der Waals surface area contributed by atoms with Crippen LogP contribution in [0.4, 0.5) is 17.1 Å². The highest BCUT2D eigenvalue weighted by atomic mass is 28.3. The van der Waals surface area contributed by atoms with Crippen molar-refractivity contribution in [3.63, 3.8) is 0 Å². The van der Waals surface area contributed by atoms with Crippen molar-refractivity contribution in [1.82, 2.24) is 0 Å². The third kappa shape index (κ3) is 6.05. The average Bonchev–Trinajstić information content (AvgIpc) is 3.58. The molecule has 8 aromatic rings. The van der Waals surface area contributed by atoms with Gasteiger partial charge in [0.05, 0.1) is 5.69 Å². The number of fused-ring (bicyclic) bond motifs is 7. The van der Waals surface area contributed by atoms with Crippen LogP contribution in [0.2, 0.25) is 0 Å². The van der Waals surface area contributed by atoms with Crippen molar-refractivity contribution in [2.75, 3.05) is 4.90 Å². The fourth-order valence-corrected chi connectivity index (χ4v) is 16.0. The van der Waals surface area contributed by atoms with Crippen molar-refractivity contribution in [3.8, 4) is 33.8 Å². The van der Waals surface area contributed by atoms with Crippen molar-refractivity contribution < 1.29 is 4.74 Å². The van der Waals surface area contributed by atoms with Crippen LogP contribution in [-0.4, -0.2) is 14.8 Å². The Morgan fingerprint density at radius 3 is 1.73 bits per heavy atom. The van der Waals surface area contributed by atoms with Crippen LogP contribution in [0, 0.1) is 0 Å². The third-order valence-electron chi connectivity index (χ3n) is 14.1. The summed E-state index contributed by atoms with van der Waals surface area (Å²) in [6.45, 7) is 18.5. The van der Waals surface area contributed by atoms with Crippen LogP contribution in [0.3, 0.4) is 0 Å². The van der Waals surface area contributed by atoms with Gasteiger partial charge < -0.3 is 9.64 Å². The monoisotopic (exact) mass is 831 g/mol. The molecule has 308 valence electrons. The first-order valence-corrected chi connectivity index (χ1v) is 24.7. The second-order valence-corrected chi connectivity index (χ2v) is 24.0. The van der Waals surface area contributed by atoms with Crippen molar-refractivity contribution in [2.24, 2.45) is 0 Å². The molecule has 2 nitrogen and oxygen atoms in total. The molecule has 0 radical (unpaired) electrons. The Morgan fingerprint density at radius 1 is 0.476 bits per heavy atom. The van der Waals surface area contributed by atoms with Crippen molar-refractivity contribution in [3.05, 3.63) is 193 Å². The van der Waals surface area contributed by atoms with Gasteiger partial charge in [-0.3, -0.25) is 0 Å². The van der Waals surface area contributed by atoms with E-state index < -0.39 is 8.07 Å². The van der Waals surface area contributed by atoms with E-state index in [2.05, 4.69) is 236 Å². The van der Waals surface area contributed by atoms with E-state index in [4.69, 9.17) is 4.74 Å². The predicted molar refractivity (Wildman–Crippen MR) is 272 cm³/mol. The highest BCUT2D eigenvalue weighted by Gasteiger charge is 2.51. The molecule has 3 aliphatic rings. The lowest BCUT2D eigenvalue weighted by molar-refractivity contribution is 0.485. The van der Waals surface area contributed by atoms with Crippen LogP contribution in [0.25, 0.3) is 22.3 Å². The molecule has 63 heavy (non-hydrogen) atoms. The molecule has 0 amide bonds. The summed E-state index contributed by atoms with van der Waals surface area (Å²) in [7, 11) is -2.83. The molecule has 0 atom stereocenters. The number of ether oxygens (including phenoxy) is 1. The lowest BCUT2D eigenvalue weighted by atomic mass is 9.33. The van der Waals surface area contributed by atoms with E-state index in [0.717, 1.165) is 11.5 Å². The molecule has 11 rings (SSSR count). The Kier molecular flexibility index (Phi) is 8.99. The standard InChI is InChI=1S/C59H54BNOSi/c1-38(2)40-32-52-57-54(33-40)62-53-31-29-42(59(6,7)8)35-49(53)60(57)48-36-47-45-26-18-19-27-55(45)63(43-22-14-10-15-23-43,44-24-16-11-17-25-44)56(47)37-51(48)61(52)50-30-28-41(58(3,4)5)34-46(50)39-20-12-9-13-21-39/h9-38H,1-8H3. The highest BCUT2D eigenvalue weighted by molar-refractivity contribution is 7.22. The fourth-order valence-electron chi connectivity index (χ4n) is 10.8. The van der Waals surface area contributed by atoms with E-state index in [1.807, 2.05) is 0 Å². The molecule has 0 fully saturated rings. The van der Waals surface area contributed by atoms with Gasteiger partial charge in [0.25, 0.3) is 6.71 Å². The number of anilines is 3. The van der Waals surface area contributed by atoms with E-state index in [-0.39, 0.29) is 17.5 Å². The SMILES string of the molecule is CC(C)c1cc2c3c(c1)N(c1ccc(C(C)(C)C)cc1-c1ccccc1)c1cc4c(cc1B3c1cc(C(C)(C)C)ccc1O2)-c1ccccc1[Si]4(c1ccccc1)c1ccccc1. The van der Waals surface area contributed by atoms with Gasteiger partial charge >= 0.3 is 0 Å². The van der Waals surface area contributed by atoms with Crippen molar-refractivity contribution >= 4 is 69.0 Å². The molecular formula is C59H54BNOSi. The van der Waals surface area contributed by atoms with E-state index in [9.17, 15) is 0 Å². The first-order chi connectivity index (χ1) is 30.3. The number of rotatable bonds is 5. The molecule has 4 heteroatoms. The lowest BCUT2D eigenvalue weighted by Gasteiger charge is -2.42.